The zero-order valence-electron chi connectivity index (χ0n) is 15.6. The summed E-state index contributed by atoms with van der Waals surface area (Å²) >= 11 is 0. The van der Waals surface area contributed by atoms with Gasteiger partial charge in [0.05, 0.1) is 6.61 Å². The molecule has 1 amide bonds. The summed E-state index contributed by atoms with van der Waals surface area (Å²) in [5.41, 5.74) is 2.66. The number of nitrogens with one attached hydrogen (secondary N) is 1. The summed E-state index contributed by atoms with van der Waals surface area (Å²) in [7, 11) is 1.79. The number of hydrogen-bond donors (Lipinski definition) is 1. The summed E-state index contributed by atoms with van der Waals surface area (Å²) in [5.74, 6) is -0.0236. The average Bonchev–Trinajstić information content (AvgIpc) is 2.96. The molecule has 0 saturated carbocycles. The first-order valence-corrected chi connectivity index (χ1v) is 9.39. The van der Waals surface area contributed by atoms with Gasteiger partial charge in [-0.05, 0) is 55.5 Å². The largest absolute Gasteiger partial charge is 0.383 e. The van der Waals surface area contributed by atoms with Gasteiger partial charge in [0.1, 0.15) is 0 Å². The summed E-state index contributed by atoms with van der Waals surface area (Å²) in [6, 6.07) is 8.25. The van der Waals surface area contributed by atoms with Gasteiger partial charge in [0.25, 0.3) is 0 Å². The summed E-state index contributed by atoms with van der Waals surface area (Å²) in [6.45, 7) is 9.25. The van der Waals surface area contributed by atoms with Gasteiger partial charge in [-0.25, -0.2) is 0 Å². The van der Waals surface area contributed by atoms with Crippen LogP contribution >= 0.6 is 0 Å². The standard InChI is InChI=1S/C20H31N3O2/c1-17(24)21-19-6-4-18(5-7-19)14-23-11-9-20(16-23)8-3-10-22(15-20)12-13-25-2/h4-7H,3,8-16H2,1-2H3,(H,21,24). The van der Waals surface area contributed by atoms with Gasteiger partial charge in [0.15, 0.2) is 0 Å². The van der Waals surface area contributed by atoms with Crippen molar-refractivity contribution in [2.45, 2.75) is 32.7 Å². The Balaban J connectivity index is 1.53. The summed E-state index contributed by atoms with van der Waals surface area (Å²) in [4.78, 5) is 16.3. The third-order valence-electron chi connectivity index (χ3n) is 5.55. The van der Waals surface area contributed by atoms with Crippen LogP contribution in [0.3, 0.4) is 0 Å². The molecular weight excluding hydrogens is 314 g/mol. The van der Waals surface area contributed by atoms with E-state index < -0.39 is 0 Å². The van der Waals surface area contributed by atoms with Gasteiger partial charge >= 0.3 is 0 Å². The van der Waals surface area contributed by atoms with Crippen molar-refractivity contribution in [3.63, 3.8) is 0 Å². The Morgan fingerprint density at radius 1 is 1.16 bits per heavy atom. The van der Waals surface area contributed by atoms with Gasteiger partial charge in [-0.15, -0.1) is 0 Å². The number of piperidine rings is 1. The van der Waals surface area contributed by atoms with E-state index in [9.17, 15) is 4.79 Å². The Morgan fingerprint density at radius 2 is 1.92 bits per heavy atom. The molecule has 5 nitrogen and oxygen atoms in total. The molecule has 0 aromatic heterocycles. The third-order valence-corrected chi connectivity index (χ3v) is 5.55. The predicted octanol–water partition coefficient (Wildman–Crippen LogP) is 2.58. The molecule has 2 heterocycles. The maximum atomic E-state index is 11.1. The number of methoxy groups -OCH3 is 1. The minimum absolute atomic E-state index is 0.0236. The SMILES string of the molecule is COCCN1CCCC2(CCN(Cc3ccc(NC(C)=O)cc3)C2)C1. The summed E-state index contributed by atoms with van der Waals surface area (Å²) < 4.78 is 5.25. The number of benzene rings is 1. The maximum Gasteiger partial charge on any atom is 0.221 e. The van der Waals surface area contributed by atoms with Gasteiger partial charge in [-0.3, -0.25) is 9.69 Å². The first-order valence-electron chi connectivity index (χ1n) is 9.39. The summed E-state index contributed by atoms with van der Waals surface area (Å²) in [5, 5.41) is 2.83. The monoisotopic (exact) mass is 345 g/mol. The van der Waals surface area contributed by atoms with Crippen LogP contribution in [0, 0.1) is 5.41 Å². The lowest BCUT2D eigenvalue weighted by molar-refractivity contribution is -0.114. The van der Waals surface area contributed by atoms with Crippen LogP contribution in [-0.2, 0) is 16.1 Å². The Kier molecular flexibility index (Phi) is 6.10. The highest BCUT2D eigenvalue weighted by Crippen LogP contribution is 2.39. The Bertz CT molecular complexity index is 575. The minimum atomic E-state index is -0.0236. The van der Waals surface area contributed by atoms with E-state index in [4.69, 9.17) is 4.74 Å². The van der Waals surface area contributed by atoms with E-state index in [0.29, 0.717) is 5.41 Å². The van der Waals surface area contributed by atoms with Gasteiger partial charge in [-0.2, -0.15) is 0 Å². The van der Waals surface area contributed by atoms with E-state index in [2.05, 4.69) is 27.2 Å². The highest BCUT2D eigenvalue weighted by molar-refractivity contribution is 5.88. The fraction of sp³-hybridized carbons (Fsp3) is 0.650. The Labute approximate surface area is 151 Å². The number of amides is 1. The molecule has 1 unspecified atom stereocenters. The molecule has 0 radical (unpaired) electrons. The van der Waals surface area contributed by atoms with E-state index in [1.165, 1.54) is 57.9 Å². The van der Waals surface area contributed by atoms with E-state index >= 15 is 0 Å². The maximum absolute atomic E-state index is 11.1. The molecule has 25 heavy (non-hydrogen) atoms. The fourth-order valence-electron chi connectivity index (χ4n) is 4.37. The number of ether oxygens (including phenoxy) is 1. The molecule has 138 valence electrons. The molecule has 1 spiro atoms. The van der Waals surface area contributed by atoms with Gasteiger partial charge in [0, 0.05) is 45.9 Å². The quantitative estimate of drug-likeness (QED) is 0.861. The number of carbonyl (C=O) groups is 1. The van der Waals surface area contributed by atoms with Crippen LogP contribution in [-0.4, -0.2) is 62.1 Å². The molecule has 2 aliphatic rings. The van der Waals surface area contributed by atoms with Gasteiger partial charge < -0.3 is 15.0 Å². The van der Waals surface area contributed by atoms with Crippen molar-refractivity contribution in [1.29, 1.82) is 0 Å². The zero-order chi connectivity index (χ0) is 17.7. The predicted molar refractivity (Wildman–Crippen MR) is 101 cm³/mol. The molecular formula is C20H31N3O2. The molecule has 0 aliphatic carbocycles. The highest BCUT2D eigenvalue weighted by Gasteiger charge is 2.40. The fourth-order valence-corrected chi connectivity index (χ4v) is 4.37. The van der Waals surface area contributed by atoms with Gasteiger partial charge in [-0.1, -0.05) is 12.1 Å². The van der Waals surface area contributed by atoms with E-state index in [0.717, 1.165) is 25.4 Å². The lowest BCUT2D eigenvalue weighted by atomic mass is 9.79. The smallest absolute Gasteiger partial charge is 0.221 e. The lowest BCUT2D eigenvalue weighted by Crippen LogP contribution is -2.45. The van der Waals surface area contributed by atoms with Crippen LogP contribution in [0.15, 0.2) is 24.3 Å². The van der Waals surface area contributed by atoms with Crippen molar-refractivity contribution in [2.24, 2.45) is 5.41 Å². The molecule has 0 bridgehead atoms. The van der Waals surface area contributed by atoms with Crippen LogP contribution in [0.2, 0.25) is 0 Å². The van der Waals surface area contributed by atoms with E-state index in [1.807, 2.05) is 12.1 Å². The third kappa shape index (κ3) is 5.03. The van der Waals surface area contributed by atoms with Crippen molar-refractivity contribution >= 4 is 11.6 Å². The number of carbonyl (C=O) groups excluding carboxylic acids is 1. The van der Waals surface area contributed by atoms with Gasteiger partial charge in [0.2, 0.25) is 5.91 Å². The topological polar surface area (TPSA) is 44.8 Å². The molecule has 2 aliphatic heterocycles. The van der Waals surface area contributed by atoms with Crippen LogP contribution in [0.4, 0.5) is 5.69 Å². The molecule has 1 N–H and O–H groups in total. The first-order chi connectivity index (χ1) is 12.1. The molecule has 2 fully saturated rings. The Hall–Kier alpha value is -1.43. The number of hydrogen-bond acceptors (Lipinski definition) is 4. The number of anilines is 1. The van der Waals surface area contributed by atoms with Crippen LogP contribution < -0.4 is 5.32 Å². The van der Waals surface area contributed by atoms with Crippen molar-refractivity contribution in [3.05, 3.63) is 29.8 Å². The summed E-state index contributed by atoms with van der Waals surface area (Å²) in [6.07, 6.45) is 3.97. The van der Waals surface area contributed by atoms with Crippen LogP contribution in [0.5, 0.6) is 0 Å². The van der Waals surface area contributed by atoms with E-state index in [1.54, 1.807) is 7.11 Å². The molecule has 2 saturated heterocycles. The second kappa shape index (κ2) is 8.30. The molecule has 1 aromatic carbocycles. The second-order valence-electron chi connectivity index (χ2n) is 7.71. The molecule has 5 heteroatoms. The lowest BCUT2D eigenvalue weighted by Gasteiger charge is -2.40. The number of rotatable bonds is 6. The average molecular weight is 345 g/mol. The van der Waals surface area contributed by atoms with Crippen molar-refractivity contribution in [2.75, 3.05) is 51.8 Å². The first kappa shape index (κ1) is 18.4. The molecule has 1 atom stereocenters. The Morgan fingerprint density at radius 3 is 2.64 bits per heavy atom. The van der Waals surface area contributed by atoms with Crippen molar-refractivity contribution in [1.82, 2.24) is 9.80 Å². The zero-order valence-corrected chi connectivity index (χ0v) is 15.6. The van der Waals surface area contributed by atoms with Crippen LogP contribution in [0.25, 0.3) is 0 Å². The number of likely N-dealkylation sites (tertiary alicyclic amines) is 2. The highest BCUT2D eigenvalue weighted by atomic mass is 16.5. The van der Waals surface area contributed by atoms with Crippen molar-refractivity contribution < 1.29 is 9.53 Å². The van der Waals surface area contributed by atoms with E-state index in [-0.39, 0.29) is 5.91 Å². The second-order valence-corrected chi connectivity index (χ2v) is 7.71. The molecule has 1 aromatic rings. The minimum Gasteiger partial charge on any atom is -0.383 e. The molecule has 3 rings (SSSR count). The normalized spacial score (nSPS) is 24.7. The number of nitrogens with zero attached hydrogens (tertiary/aromatic N) is 2. The van der Waals surface area contributed by atoms with Crippen molar-refractivity contribution in [3.8, 4) is 0 Å². The van der Waals surface area contributed by atoms with Crippen LogP contribution in [0.1, 0.15) is 31.7 Å².